The molecule has 1 unspecified atom stereocenters. The fraction of sp³-hybridized carbons (Fsp3) is 0.417. The first kappa shape index (κ1) is 11.7. The van der Waals surface area contributed by atoms with E-state index in [9.17, 15) is 4.79 Å². The lowest BCUT2D eigenvalue weighted by Crippen LogP contribution is -2.21. The lowest BCUT2D eigenvalue weighted by molar-refractivity contribution is 0.0963. The monoisotopic (exact) mass is 235 g/mol. The first-order valence-electron chi connectivity index (χ1n) is 5.66. The van der Waals surface area contributed by atoms with E-state index >= 15 is 0 Å². The van der Waals surface area contributed by atoms with Gasteiger partial charge in [-0.25, -0.2) is 0 Å². The van der Waals surface area contributed by atoms with Crippen LogP contribution in [-0.4, -0.2) is 32.2 Å². The molecule has 17 heavy (non-hydrogen) atoms. The molecule has 1 aliphatic rings. The van der Waals surface area contributed by atoms with Crippen LogP contribution < -0.4 is 16.4 Å². The van der Waals surface area contributed by atoms with E-state index in [4.69, 9.17) is 10.5 Å². The third-order valence-electron chi connectivity index (χ3n) is 2.83. The van der Waals surface area contributed by atoms with Gasteiger partial charge in [-0.05, 0) is 24.6 Å². The number of hydrogen-bond donors (Lipinski definition) is 3. The third-order valence-corrected chi connectivity index (χ3v) is 2.83. The van der Waals surface area contributed by atoms with Crippen LogP contribution in [0.3, 0.4) is 0 Å². The fourth-order valence-corrected chi connectivity index (χ4v) is 1.85. The van der Waals surface area contributed by atoms with Gasteiger partial charge >= 0.3 is 0 Å². The molecule has 1 atom stereocenters. The Labute approximate surface area is 100 Å². The topological polar surface area (TPSA) is 76.4 Å². The normalized spacial score (nSPS) is 19.0. The van der Waals surface area contributed by atoms with Gasteiger partial charge in [0.15, 0.2) is 0 Å². The second-order valence-corrected chi connectivity index (χ2v) is 4.09. The quantitative estimate of drug-likeness (QED) is 0.678. The third kappa shape index (κ3) is 2.68. The molecule has 0 saturated carbocycles. The van der Waals surface area contributed by atoms with Gasteiger partial charge in [-0.1, -0.05) is 0 Å². The van der Waals surface area contributed by atoms with Gasteiger partial charge in [0.05, 0.1) is 24.0 Å². The summed E-state index contributed by atoms with van der Waals surface area (Å²) in [4.78, 5) is 11.4. The van der Waals surface area contributed by atoms with Crippen LogP contribution in [0.15, 0.2) is 18.2 Å². The molecule has 5 nitrogen and oxygen atoms in total. The Kier molecular flexibility index (Phi) is 3.49. The highest BCUT2D eigenvalue weighted by molar-refractivity contribution is 5.95. The largest absolute Gasteiger partial charge is 0.397 e. The SMILES string of the molecule is CNC(=O)c1ccc(NC2CCOC2)c(N)c1. The molecular weight excluding hydrogens is 218 g/mol. The molecule has 1 amide bonds. The number of carbonyl (C=O) groups excluding carboxylic acids is 1. The first-order valence-corrected chi connectivity index (χ1v) is 5.66. The second-order valence-electron chi connectivity index (χ2n) is 4.09. The zero-order valence-corrected chi connectivity index (χ0v) is 9.82. The van der Waals surface area contributed by atoms with Gasteiger partial charge in [-0.2, -0.15) is 0 Å². The molecule has 0 bridgehead atoms. The van der Waals surface area contributed by atoms with Crippen molar-refractivity contribution in [2.75, 3.05) is 31.3 Å². The molecule has 1 aliphatic heterocycles. The van der Waals surface area contributed by atoms with Gasteiger partial charge in [-0.3, -0.25) is 4.79 Å². The van der Waals surface area contributed by atoms with Gasteiger partial charge in [0, 0.05) is 19.2 Å². The number of benzene rings is 1. The first-order chi connectivity index (χ1) is 8.20. The zero-order chi connectivity index (χ0) is 12.3. The predicted molar refractivity (Wildman–Crippen MR) is 67.1 cm³/mol. The van der Waals surface area contributed by atoms with Crippen LogP contribution in [0.5, 0.6) is 0 Å². The molecule has 1 aromatic carbocycles. The molecule has 0 radical (unpaired) electrons. The molecule has 2 rings (SSSR count). The average Bonchev–Trinajstić information content (AvgIpc) is 2.83. The molecule has 0 aromatic heterocycles. The summed E-state index contributed by atoms with van der Waals surface area (Å²) in [5, 5.41) is 5.88. The zero-order valence-electron chi connectivity index (χ0n) is 9.82. The summed E-state index contributed by atoms with van der Waals surface area (Å²) >= 11 is 0. The van der Waals surface area contributed by atoms with Crippen molar-refractivity contribution >= 4 is 17.3 Å². The Balaban J connectivity index is 2.10. The van der Waals surface area contributed by atoms with Crippen molar-refractivity contribution in [2.24, 2.45) is 0 Å². The van der Waals surface area contributed by atoms with Gasteiger partial charge in [0.25, 0.3) is 5.91 Å². The van der Waals surface area contributed by atoms with Crippen molar-refractivity contribution in [3.05, 3.63) is 23.8 Å². The van der Waals surface area contributed by atoms with Crippen LogP contribution in [-0.2, 0) is 4.74 Å². The van der Waals surface area contributed by atoms with E-state index in [1.807, 2.05) is 6.07 Å². The number of rotatable bonds is 3. The second kappa shape index (κ2) is 5.05. The number of nitrogens with two attached hydrogens (primary N) is 1. The maximum atomic E-state index is 11.4. The van der Waals surface area contributed by atoms with Crippen molar-refractivity contribution in [1.29, 1.82) is 0 Å². The Morgan fingerprint density at radius 3 is 2.94 bits per heavy atom. The molecule has 92 valence electrons. The summed E-state index contributed by atoms with van der Waals surface area (Å²) < 4.78 is 5.28. The van der Waals surface area contributed by atoms with Crippen molar-refractivity contribution in [1.82, 2.24) is 5.32 Å². The average molecular weight is 235 g/mol. The number of nitrogen functional groups attached to an aromatic ring is 1. The summed E-state index contributed by atoms with van der Waals surface area (Å²) in [5.41, 5.74) is 7.91. The number of anilines is 2. The van der Waals surface area contributed by atoms with Crippen molar-refractivity contribution in [3.63, 3.8) is 0 Å². The number of carbonyl (C=O) groups is 1. The van der Waals surface area contributed by atoms with Crippen molar-refractivity contribution < 1.29 is 9.53 Å². The molecule has 1 aromatic rings. The summed E-state index contributed by atoms with van der Waals surface area (Å²) in [7, 11) is 1.60. The van der Waals surface area contributed by atoms with Gasteiger partial charge in [-0.15, -0.1) is 0 Å². The number of ether oxygens (including phenoxy) is 1. The van der Waals surface area contributed by atoms with E-state index in [-0.39, 0.29) is 5.91 Å². The van der Waals surface area contributed by atoms with E-state index in [0.29, 0.717) is 23.9 Å². The smallest absolute Gasteiger partial charge is 0.251 e. The van der Waals surface area contributed by atoms with Crippen LogP contribution in [0.4, 0.5) is 11.4 Å². The van der Waals surface area contributed by atoms with E-state index in [2.05, 4.69) is 10.6 Å². The van der Waals surface area contributed by atoms with Crippen LogP contribution in [0.25, 0.3) is 0 Å². The fourth-order valence-electron chi connectivity index (χ4n) is 1.85. The molecule has 0 spiro atoms. The lowest BCUT2D eigenvalue weighted by atomic mass is 10.1. The van der Waals surface area contributed by atoms with Crippen LogP contribution in [0.1, 0.15) is 16.8 Å². The maximum Gasteiger partial charge on any atom is 0.251 e. The van der Waals surface area contributed by atoms with Crippen LogP contribution >= 0.6 is 0 Å². The molecule has 4 N–H and O–H groups in total. The summed E-state index contributed by atoms with van der Waals surface area (Å²) in [6.45, 7) is 1.49. The van der Waals surface area contributed by atoms with E-state index in [1.165, 1.54) is 0 Å². The summed E-state index contributed by atoms with van der Waals surface area (Å²) in [5.74, 6) is -0.132. The van der Waals surface area contributed by atoms with Crippen molar-refractivity contribution in [2.45, 2.75) is 12.5 Å². The van der Waals surface area contributed by atoms with Crippen LogP contribution in [0.2, 0.25) is 0 Å². The maximum absolute atomic E-state index is 11.4. The molecule has 1 heterocycles. The van der Waals surface area contributed by atoms with Crippen molar-refractivity contribution in [3.8, 4) is 0 Å². The highest BCUT2D eigenvalue weighted by atomic mass is 16.5. The van der Waals surface area contributed by atoms with E-state index in [0.717, 1.165) is 18.7 Å². The van der Waals surface area contributed by atoms with Gasteiger partial charge < -0.3 is 21.1 Å². The molecule has 1 saturated heterocycles. The number of amides is 1. The van der Waals surface area contributed by atoms with Gasteiger partial charge in [0.2, 0.25) is 0 Å². The minimum atomic E-state index is -0.132. The number of nitrogens with one attached hydrogen (secondary N) is 2. The van der Waals surface area contributed by atoms with E-state index < -0.39 is 0 Å². The molecule has 0 aliphatic carbocycles. The summed E-state index contributed by atoms with van der Waals surface area (Å²) in [6, 6.07) is 5.57. The number of hydrogen-bond acceptors (Lipinski definition) is 4. The molecule has 1 fully saturated rings. The van der Waals surface area contributed by atoms with Gasteiger partial charge in [0.1, 0.15) is 0 Å². The Hall–Kier alpha value is -1.75. The summed E-state index contributed by atoms with van der Waals surface area (Å²) in [6.07, 6.45) is 0.983. The Morgan fingerprint density at radius 2 is 2.35 bits per heavy atom. The Morgan fingerprint density at radius 1 is 1.53 bits per heavy atom. The predicted octanol–water partition coefficient (Wildman–Crippen LogP) is 0.829. The van der Waals surface area contributed by atoms with E-state index in [1.54, 1.807) is 19.2 Å². The molecular formula is C12H17N3O2. The standard InChI is InChI=1S/C12H17N3O2/c1-14-12(16)8-2-3-11(10(13)6-8)15-9-4-5-17-7-9/h2-3,6,9,15H,4-5,7,13H2,1H3,(H,14,16). The Bertz CT molecular complexity index is 414. The lowest BCUT2D eigenvalue weighted by Gasteiger charge is -2.14. The molecule has 5 heteroatoms. The minimum absolute atomic E-state index is 0.132. The van der Waals surface area contributed by atoms with Crippen LogP contribution in [0, 0.1) is 0 Å². The highest BCUT2D eigenvalue weighted by Gasteiger charge is 2.16. The minimum Gasteiger partial charge on any atom is -0.397 e. The highest BCUT2D eigenvalue weighted by Crippen LogP contribution is 2.22.